The van der Waals surface area contributed by atoms with Gasteiger partial charge < -0.3 is 71.2 Å². The molecule has 0 atom stereocenters. The lowest BCUT2D eigenvalue weighted by Gasteiger charge is -2.23. The van der Waals surface area contributed by atoms with Gasteiger partial charge in [-0.15, -0.1) is 0 Å². The van der Waals surface area contributed by atoms with Crippen molar-refractivity contribution in [3.8, 4) is 0 Å². The molecule has 1 rings (SSSR count). The molecular weight excluding hydrogens is 714 g/mol. The maximum atomic E-state index is 13.0. The molecule has 1 fully saturated rings. The van der Waals surface area contributed by atoms with E-state index in [0.717, 1.165) is 0 Å². The summed E-state index contributed by atoms with van der Waals surface area (Å²) in [4.78, 5) is 26.8. The Morgan fingerprint density at radius 3 is 0.833 bits per heavy atom. The molecule has 0 saturated carbocycles. The highest BCUT2D eigenvalue weighted by Gasteiger charge is 2.18. The molecule has 0 bridgehead atoms. The predicted octanol–water partition coefficient (Wildman–Crippen LogP) is 1.56. The molecule has 1 heterocycles. The van der Waals surface area contributed by atoms with E-state index >= 15 is 0 Å². The van der Waals surface area contributed by atoms with E-state index < -0.39 is 5.60 Å². The number of esters is 1. The van der Waals surface area contributed by atoms with Crippen LogP contribution in [-0.2, 0) is 75.9 Å². The lowest BCUT2D eigenvalue weighted by Crippen LogP contribution is -2.37. The van der Waals surface area contributed by atoms with Crippen LogP contribution in [0.4, 0.5) is 0 Å². The topological polar surface area (TPSA) is 167 Å². The summed E-state index contributed by atoms with van der Waals surface area (Å²) < 4.78 is 77.5. The zero-order valence-electron chi connectivity index (χ0n) is 33.4. The third-order valence-corrected chi connectivity index (χ3v) is 7.02. The minimum atomic E-state index is -0.558. The standard InChI is InChI=1S/C37H71NO16/c1-37(2,3)54-36(40)6-4-5-35(39)38-7-9-41-11-13-43-15-17-45-19-21-47-23-25-49-27-29-51-31-33-53-34-32-52-30-28-50-26-24-48-22-20-46-18-16-44-14-12-42-10-8-38/h4-34H2,1-3H3. The van der Waals surface area contributed by atoms with Gasteiger partial charge in [-0.3, -0.25) is 9.59 Å². The molecule has 0 N–H and O–H groups in total. The molecule has 54 heavy (non-hydrogen) atoms. The fraction of sp³-hybridized carbons (Fsp3) is 0.946. The van der Waals surface area contributed by atoms with Gasteiger partial charge in [-0.1, -0.05) is 0 Å². The first kappa shape index (κ1) is 50.4. The van der Waals surface area contributed by atoms with Crippen molar-refractivity contribution < 1.29 is 75.9 Å². The van der Waals surface area contributed by atoms with Gasteiger partial charge in [0.05, 0.1) is 172 Å². The number of amides is 1. The van der Waals surface area contributed by atoms with Crippen LogP contribution in [0.25, 0.3) is 0 Å². The Kier molecular flexibility index (Phi) is 35.8. The van der Waals surface area contributed by atoms with Crippen LogP contribution in [0.15, 0.2) is 0 Å². The zero-order chi connectivity index (χ0) is 39.1. The quantitative estimate of drug-likeness (QED) is 0.377. The third kappa shape index (κ3) is 37.3. The highest BCUT2D eigenvalue weighted by molar-refractivity contribution is 5.77. The summed E-state index contributed by atoms with van der Waals surface area (Å²) in [6.07, 6.45) is 0.811. The Hall–Kier alpha value is -1.58. The Balaban J connectivity index is 2.34. The minimum Gasteiger partial charge on any atom is -0.460 e. The summed E-state index contributed by atoms with van der Waals surface area (Å²) in [5, 5.41) is 0. The molecule has 17 nitrogen and oxygen atoms in total. The van der Waals surface area contributed by atoms with Gasteiger partial charge in [0.15, 0.2) is 0 Å². The zero-order valence-corrected chi connectivity index (χ0v) is 33.4. The van der Waals surface area contributed by atoms with Crippen molar-refractivity contribution in [2.75, 3.05) is 185 Å². The van der Waals surface area contributed by atoms with Gasteiger partial charge in [0, 0.05) is 25.9 Å². The number of carbonyl (C=O) groups excluding carboxylic acids is 2. The molecule has 1 amide bonds. The van der Waals surface area contributed by atoms with Gasteiger partial charge in [0.1, 0.15) is 5.60 Å². The molecule has 0 radical (unpaired) electrons. The number of nitrogens with zero attached hydrogens (tertiary/aromatic N) is 1. The molecule has 17 heteroatoms. The van der Waals surface area contributed by atoms with E-state index in [4.69, 9.17) is 66.3 Å². The molecule has 320 valence electrons. The summed E-state index contributed by atoms with van der Waals surface area (Å²) in [7, 11) is 0. The van der Waals surface area contributed by atoms with Gasteiger partial charge in [0.2, 0.25) is 5.91 Å². The third-order valence-electron chi connectivity index (χ3n) is 7.02. The Morgan fingerprint density at radius 2 is 0.611 bits per heavy atom. The number of hydrogen-bond acceptors (Lipinski definition) is 16. The van der Waals surface area contributed by atoms with E-state index in [0.29, 0.717) is 191 Å². The average molecular weight is 786 g/mol. The Labute approximate surface area is 323 Å². The summed E-state index contributed by atoms with van der Waals surface area (Å²) >= 11 is 0. The number of hydrogen-bond donors (Lipinski definition) is 0. The second kappa shape index (κ2) is 38.3. The molecule has 0 aromatic rings. The molecule has 0 unspecified atom stereocenters. The van der Waals surface area contributed by atoms with E-state index in [1.54, 1.807) is 4.90 Å². The van der Waals surface area contributed by atoms with Gasteiger partial charge in [-0.05, 0) is 27.2 Å². The monoisotopic (exact) mass is 785 g/mol. The second-order valence-electron chi connectivity index (χ2n) is 12.8. The number of ether oxygens (including phenoxy) is 14. The fourth-order valence-electron chi connectivity index (χ4n) is 4.39. The van der Waals surface area contributed by atoms with Crippen LogP contribution in [0.2, 0.25) is 0 Å². The van der Waals surface area contributed by atoms with Gasteiger partial charge in [-0.25, -0.2) is 0 Å². The van der Waals surface area contributed by atoms with Crippen LogP contribution in [0.3, 0.4) is 0 Å². The highest BCUT2D eigenvalue weighted by Crippen LogP contribution is 2.10. The van der Waals surface area contributed by atoms with Gasteiger partial charge >= 0.3 is 5.97 Å². The van der Waals surface area contributed by atoms with E-state index in [9.17, 15) is 9.59 Å². The minimum absolute atomic E-state index is 0.0720. The average Bonchev–Trinajstić information content (AvgIpc) is 3.13. The van der Waals surface area contributed by atoms with Crippen LogP contribution in [0.1, 0.15) is 40.0 Å². The molecule has 1 saturated heterocycles. The molecule has 1 aliphatic heterocycles. The Morgan fingerprint density at radius 1 is 0.389 bits per heavy atom. The highest BCUT2D eigenvalue weighted by atomic mass is 16.6. The maximum Gasteiger partial charge on any atom is 0.306 e. The summed E-state index contributed by atoms with van der Waals surface area (Å²) in [6, 6.07) is 0. The van der Waals surface area contributed by atoms with Crippen LogP contribution in [-0.4, -0.2) is 207 Å². The van der Waals surface area contributed by atoms with Crippen molar-refractivity contribution in [2.45, 2.75) is 45.6 Å². The van der Waals surface area contributed by atoms with Crippen molar-refractivity contribution in [3.05, 3.63) is 0 Å². The first-order valence-corrected chi connectivity index (χ1v) is 19.4. The molecule has 1 aliphatic rings. The van der Waals surface area contributed by atoms with Crippen molar-refractivity contribution in [2.24, 2.45) is 0 Å². The van der Waals surface area contributed by atoms with Crippen LogP contribution < -0.4 is 0 Å². The summed E-state index contributed by atoms with van der Waals surface area (Å²) in [5.74, 6) is -0.387. The van der Waals surface area contributed by atoms with E-state index in [1.165, 1.54) is 0 Å². The van der Waals surface area contributed by atoms with E-state index in [2.05, 4.69) is 0 Å². The lowest BCUT2D eigenvalue weighted by atomic mass is 10.2. The van der Waals surface area contributed by atoms with Crippen molar-refractivity contribution in [1.29, 1.82) is 0 Å². The SMILES string of the molecule is CC(C)(C)OC(=O)CCCC(=O)N1CCOCCOCCOCCOCCOCCOCCOCCOCCOCCOCCOCCOCCOCC1. The smallest absolute Gasteiger partial charge is 0.306 e. The van der Waals surface area contributed by atoms with Crippen molar-refractivity contribution >= 4 is 11.9 Å². The lowest BCUT2D eigenvalue weighted by molar-refractivity contribution is -0.155. The van der Waals surface area contributed by atoms with Gasteiger partial charge in [-0.2, -0.15) is 0 Å². The molecular formula is C37H71NO16. The fourth-order valence-corrected chi connectivity index (χ4v) is 4.39. The predicted molar refractivity (Wildman–Crippen MR) is 197 cm³/mol. The number of rotatable bonds is 4. The first-order valence-electron chi connectivity index (χ1n) is 19.4. The largest absolute Gasteiger partial charge is 0.460 e. The molecule has 0 aliphatic carbocycles. The van der Waals surface area contributed by atoms with Gasteiger partial charge in [0.25, 0.3) is 0 Å². The van der Waals surface area contributed by atoms with Crippen LogP contribution in [0, 0.1) is 0 Å². The molecule has 0 aromatic carbocycles. The first-order chi connectivity index (χ1) is 26.4. The van der Waals surface area contributed by atoms with E-state index in [1.807, 2.05) is 20.8 Å². The van der Waals surface area contributed by atoms with Crippen molar-refractivity contribution in [1.82, 2.24) is 4.90 Å². The van der Waals surface area contributed by atoms with Crippen LogP contribution in [0.5, 0.6) is 0 Å². The maximum absolute atomic E-state index is 13.0. The van der Waals surface area contributed by atoms with Crippen molar-refractivity contribution in [3.63, 3.8) is 0 Å². The molecule has 0 spiro atoms. The second-order valence-corrected chi connectivity index (χ2v) is 12.8. The summed E-state index contributed by atoms with van der Waals surface area (Å²) in [5.41, 5.74) is -0.558. The number of carbonyl (C=O) groups is 2. The van der Waals surface area contributed by atoms with E-state index in [-0.39, 0.29) is 24.7 Å². The normalized spacial score (nSPS) is 21.5. The summed E-state index contributed by atoms with van der Waals surface area (Å²) in [6.45, 7) is 18.0. The van der Waals surface area contributed by atoms with Crippen LogP contribution >= 0.6 is 0 Å². The molecule has 0 aromatic heterocycles. The Bertz CT molecular complexity index is 792.